The van der Waals surface area contributed by atoms with E-state index in [1.165, 1.54) is 16.9 Å². The molecule has 0 radical (unpaired) electrons. The molecule has 0 unspecified atom stereocenters. The van der Waals surface area contributed by atoms with Gasteiger partial charge in [-0.3, -0.25) is 4.98 Å². The van der Waals surface area contributed by atoms with Crippen LogP contribution in [0.4, 0.5) is 0 Å². The van der Waals surface area contributed by atoms with Crippen LogP contribution in [0.2, 0.25) is 0 Å². The zero-order chi connectivity index (χ0) is 22.9. The van der Waals surface area contributed by atoms with Gasteiger partial charge in [0.2, 0.25) is 11.3 Å². The van der Waals surface area contributed by atoms with E-state index >= 15 is 0 Å². The lowest BCUT2D eigenvalue weighted by Crippen LogP contribution is -2.27. The van der Waals surface area contributed by atoms with Crippen molar-refractivity contribution in [1.29, 1.82) is 0 Å². The number of aromatic nitrogens is 4. The summed E-state index contributed by atoms with van der Waals surface area (Å²) < 4.78 is 13.6. The second kappa shape index (κ2) is 8.23. The molecule has 0 amide bonds. The van der Waals surface area contributed by atoms with Crippen LogP contribution in [-0.2, 0) is 4.74 Å². The lowest BCUT2D eigenvalue weighted by Gasteiger charge is -2.04. The normalized spacial score (nSPS) is 11.1. The molecule has 3 heterocycles. The molecule has 0 aliphatic carbocycles. The van der Waals surface area contributed by atoms with E-state index in [1.54, 1.807) is 14.0 Å². The fraction of sp³-hybridized carbons (Fsp3) is 0.120. The molecule has 164 valence electrons. The zero-order valence-corrected chi connectivity index (χ0v) is 18.1. The van der Waals surface area contributed by atoms with Crippen LogP contribution >= 0.6 is 0 Å². The van der Waals surface area contributed by atoms with Gasteiger partial charge in [0.25, 0.3) is 0 Å². The minimum absolute atomic E-state index is 0.113. The van der Waals surface area contributed by atoms with Gasteiger partial charge >= 0.3 is 11.5 Å². The monoisotopic (exact) mass is 441 g/mol. The van der Waals surface area contributed by atoms with Crippen molar-refractivity contribution in [2.45, 2.75) is 6.92 Å². The summed E-state index contributed by atoms with van der Waals surface area (Å²) in [6.45, 7) is 1.87. The lowest BCUT2D eigenvalue weighted by atomic mass is 10.1. The number of nitrogens with zero attached hydrogens (tertiary/aromatic N) is 3. The van der Waals surface area contributed by atoms with Crippen molar-refractivity contribution in [3.05, 3.63) is 89.2 Å². The second-order valence-corrected chi connectivity index (χ2v) is 7.36. The number of fused-ring (bicyclic) bond motifs is 3. The van der Waals surface area contributed by atoms with Gasteiger partial charge in [0, 0.05) is 5.56 Å². The summed E-state index contributed by atoms with van der Waals surface area (Å²) in [5.41, 5.74) is 3.37. The average Bonchev–Trinajstić information content (AvgIpc) is 3.25. The maximum atomic E-state index is 13.1. The number of aromatic amines is 1. The standard InChI is InChI=1S/C25H20N4O4/c1-3-33-25(31)19-13-26-22-21-20(16-7-5-4-6-8-16)14-28(17-9-11-18(32-2)12-10-17)23(21)27-15-29(22)24(19)30/h4-15H,3H2,1-2H3/p+1. The van der Waals surface area contributed by atoms with E-state index in [0.29, 0.717) is 5.65 Å². The third kappa shape index (κ3) is 3.41. The third-order valence-electron chi connectivity index (χ3n) is 5.48. The number of rotatable bonds is 5. The fourth-order valence-corrected chi connectivity index (χ4v) is 3.91. The molecule has 8 heteroatoms. The predicted molar refractivity (Wildman–Crippen MR) is 123 cm³/mol. The molecule has 0 bridgehead atoms. The van der Waals surface area contributed by atoms with E-state index in [1.807, 2.05) is 65.4 Å². The smallest absolute Gasteiger partial charge is 0.346 e. The number of esters is 1. The van der Waals surface area contributed by atoms with E-state index in [2.05, 4.69) is 9.97 Å². The minimum Gasteiger partial charge on any atom is -0.497 e. The Hall–Kier alpha value is -4.46. The minimum atomic E-state index is -0.691. The average molecular weight is 441 g/mol. The molecule has 0 spiro atoms. The Morgan fingerprint density at radius 2 is 1.85 bits per heavy atom. The van der Waals surface area contributed by atoms with Crippen molar-refractivity contribution in [2.24, 2.45) is 0 Å². The first kappa shape index (κ1) is 20.4. The highest BCUT2D eigenvalue weighted by atomic mass is 16.5. The molecule has 5 rings (SSSR count). The van der Waals surface area contributed by atoms with Gasteiger partial charge in [0.15, 0.2) is 11.9 Å². The number of hydrogen-bond acceptors (Lipinski definition) is 5. The first-order valence-electron chi connectivity index (χ1n) is 10.5. The van der Waals surface area contributed by atoms with Crippen molar-refractivity contribution < 1.29 is 19.3 Å². The fourth-order valence-electron chi connectivity index (χ4n) is 3.91. The highest BCUT2D eigenvalue weighted by Crippen LogP contribution is 2.32. The third-order valence-corrected chi connectivity index (χ3v) is 5.48. The Labute approximate surface area is 188 Å². The van der Waals surface area contributed by atoms with Gasteiger partial charge in [-0.25, -0.2) is 19.1 Å². The van der Waals surface area contributed by atoms with Crippen molar-refractivity contribution in [1.82, 2.24) is 14.0 Å². The largest absolute Gasteiger partial charge is 0.497 e. The zero-order valence-electron chi connectivity index (χ0n) is 18.1. The van der Waals surface area contributed by atoms with Crippen molar-refractivity contribution in [2.75, 3.05) is 13.7 Å². The molecule has 2 aromatic carbocycles. The summed E-state index contributed by atoms with van der Waals surface area (Å²) in [6, 6.07) is 17.5. The van der Waals surface area contributed by atoms with Gasteiger partial charge in [0.1, 0.15) is 16.8 Å². The number of carbonyl (C=O) groups is 1. The summed E-state index contributed by atoms with van der Waals surface area (Å²) in [5, 5.41) is 0.757. The first-order chi connectivity index (χ1) is 16.1. The van der Waals surface area contributed by atoms with Gasteiger partial charge in [-0.15, -0.1) is 0 Å². The van der Waals surface area contributed by atoms with Gasteiger partial charge in [-0.05, 0) is 36.8 Å². The van der Waals surface area contributed by atoms with Gasteiger partial charge < -0.3 is 9.47 Å². The molecule has 8 nitrogen and oxygen atoms in total. The van der Waals surface area contributed by atoms with E-state index < -0.39 is 11.5 Å². The quantitative estimate of drug-likeness (QED) is 0.391. The van der Waals surface area contributed by atoms with Gasteiger partial charge in [-0.2, -0.15) is 4.40 Å². The molecule has 0 aliphatic rings. The highest BCUT2D eigenvalue weighted by molar-refractivity contribution is 6.02. The van der Waals surface area contributed by atoms with Crippen LogP contribution < -0.4 is 15.3 Å². The second-order valence-electron chi connectivity index (χ2n) is 7.36. The van der Waals surface area contributed by atoms with Crippen molar-refractivity contribution >= 4 is 22.6 Å². The number of methoxy groups -OCH3 is 1. The molecular formula is C25H21N4O4+. The molecule has 0 atom stereocenters. The molecule has 0 saturated carbocycles. The molecule has 33 heavy (non-hydrogen) atoms. The Bertz CT molecular complexity index is 1540. The van der Waals surface area contributed by atoms with E-state index in [4.69, 9.17) is 9.47 Å². The summed E-state index contributed by atoms with van der Waals surface area (Å²) in [5.74, 6) is 0.0659. The van der Waals surface area contributed by atoms with E-state index in [0.717, 1.165) is 33.6 Å². The molecule has 0 fully saturated rings. The topological polar surface area (TPSA) is 89.0 Å². The summed E-state index contributed by atoms with van der Waals surface area (Å²) in [6.07, 6.45) is 4.81. The Morgan fingerprint density at radius 3 is 2.55 bits per heavy atom. The highest BCUT2D eigenvalue weighted by Gasteiger charge is 2.24. The molecule has 0 aliphatic heterocycles. The first-order valence-corrected chi connectivity index (χ1v) is 10.5. The van der Waals surface area contributed by atoms with Crippen LogP contribution in [0.25, 0.3) is 33.5 Å². The molecule has 5 aromatic rings. The number of H-pyrrole nitrogens is 1. The number of ether oxygens (including phenoxy) is 2. The van der Waals surface area contributed by atoms with Crippen LogP contribution in [0.5, 0.6) is 5.75 Å². The number of nitrogens with one attached hydrogen (secondary N) is 1. The number of benzene rings is 2. The van der Waals surface area contributed by atoms with Crippen molar-refractivity contribution in [3.8, 4) is 22.6 Å². The van der Waals surface area contributed by atoms with Crippen LogP contribution in [0.3, 0.4) is 0 Å². The number of hydrogen-bond donors (Lipinski definition) is 0. The Morgan fingerprint density at radius 1 is 1.09 bits per heavy atom. The summed E-state index contributed by atoms with van der Waals surface area (Å²) in [4.78, 5) is 33.0. The Balaban J connectivity index is 1.82. The van der Waals surface area contributed by atoms with Crippen molar-refractivity contribution in [3.63, 3.8) is 0 Å². The maximum Gasteiger partial charge on any atom is 0.346 e. The molecule has 1 N–H and O–H groups in total. The summed E-state index contributed by atoms with van der Waals surface area (Å²) in [7, 11) is 1.63. The van der Waals surface area contributed by atoms with Crippen LogP contribution in [0, 0.1) is 0 Å². The number of carbonyl (C=O) groups excluding carboxylic acids is 1. The van der Waals surface area contributed by atoms with Crippen LogP contribution in [0.15, 0.2) is 78.1 Å². The predicted octanol–water partition coefficient (Wildman–Crippen LogP) is 3.30. The summed E-state index contributed by atoms with van der Waals surface area (Å²) >= 11 is 0. The Kier molecular flexibility index (Phi) is 5.10. The van der Waals surface area contributed by atoms with E-state index in [9.17, 15) is 9.59 Å². The molecule has 0 saturated heterocycles. The van der Waals surface area contributed by atoms with E-state index in [-0.39, 0.29) is 12.2 Å². The lowest BCUT2D eigenvalue weighted by molar-refractivity contribution is -0.354. The van der Waals surface area contributed by atoms with Crippen LogP contribution in [0.1, 0.15) is 17.3 Å². The van der Waals surface area contributed by atoms with Gasteiger partial charge in [0.05, 0.1) is 26.1 Å². The van der Waals surface area contributed by atoms with Crippen LogP contribution in [-0.4, -0.2) is 33.6 Å². The molecular weight excluding hydrogens is 420 g/mol. The molecule has 3 aromatic heterocycles. The maximum absolute atomic E-state index is 13.1. The van der Waals surface area contributed by atoms with Gasteiger partial charge in [-0.1, -0.05) is 30.3 Å². The SMILES string of the molecule is CCOC(=O)c1cnc2c3c(-c4ccccc4)cn(-c4ccc(OC)cc4)c3[nH+]cn2c1=O.